The maximum Gasteiger partial charge on any atom is 0.317 e. The van der Waals surface area contributed by atoms with Gasteiger partial charge in [-0.1, -0.05) is 0 Å². The summed E-state index contributed by atoms with van der Waals surface area (Å²) in [5, 5.41) is 7.02. The Morgan fingerprint density at radius 1 is 1.16 bits per heavy atom. The molecule has 3 aliphatic rings. The van der Waals surface area contributed by atoms with Gasteiger partial charge >= 0.3 is 6.03 Å². The number of nitrogens with zero attached hydrogens (tertiary/aromatic N) is 1. The molecule has 3 rings (SSSR count). The van der Waals surface area contributed by atoms with E-state index in [1.807, 2.05) is 0 Å². The van der Waals surface area contributed by atoms with Gasteiger partial charge in [-0.15, -0.1) is 0 Å². The minimum absolute atomic E-state index is 0.0621. The number of rotatable bonds is 3. The fraction of sp³-hybridized carbons (Fsp3) is 0.950. The van der Waals surface area contributed by atoms with Crippen LogP contribution in [0.3, 0.4) is 0 Å². The predicted molar refractivity (Wildman–Crippen MR) is 101 cm³/mol. The monoisotopic (exact) mass is 351 g/mol. The van der Waals surface area contributed by atoms with Crippen molar-refractivity contribution >= 4 is 6.03 Å². The third-order valence-electron chi connectivity index (χ3n) is 6.01. The molecule has 2 atom stereocenters. The third kappa shape index (κ3) is 5.33. The van der Waals surface area contributed by atoms with E-state index >= 15 is 0 Å². The number of ether oxygens (including phenoxy) is 1. The van der Waals surface area contributed by atoms with Gasteiger partial charge in [0, 0.05) is 43.4 Å². The van der Waals surface area contributed by atoms with E-state index in [2.05, 4.69) is 43.2 Å². The Morgan fingerprint density at radius 3 is 2.52 bits per heavy atom. The summed E-state index contributed by atoms with van der Waals surface area (Å²) >= 11 is 0. The molecule has 0 aromatic heterocycles. The highest BCUT2D eigenvalue weighted by molar-refractivity contribution is 5.74. The van der Waals surface area contributed by atoms with Crippen molar-refractivity contribution in [2.24, 2.45) is 11.8 Å². The average molecular weight is 352 g/mol. The van der Waals surface area contributed by atoms with E-state index in [1.165, 1.54) is 19.3 Å². The maximum atomic E-state index is 12.8. The van der Waals surface area contributed by atoms with Gasteiger partial charge in [0.05, 0.1) is 0 Å². The van der Waals surface area contributed by atoms with Crippen LogP contribution in [-0.4, -0.2) is 54.4 Å². The van der Waals surface area contributed by atoms with Crippen LogP contribution in [0.25, 0.3) is 0 Å². The van der Waals surface area contributed by atoms with E-state index in [-0.39, 0.29) is 23.2 Å². The normalized spacial score (nSPS) is 32.6. The van der Waals surface area contributed by atoms with Crippen molar-refractivity contribution < 1.29 is 9.53 Å². The maximum absolute atomic E-state index is 12.8. The number of carbonyl (C=O) groups excluding carboxylic acids is 1. The van der Waals surface area contributed by atoms with Crippen LogP contribution in [0.4, 0.5) is 4.79 Å². The van der Waals surface area contributed by atoms with Crippen LogP contribution < -0.4 is 10.6 Å². The zero-order valence-corrected chi connectivity index (χ0v) is 16.6. The van der Waals surface area contributed by atoms with Crippen molar-refractivity contribution in [3.8, 4) is 0 Å². The van der Waals surface area contributed by atoms with E-state index in [0.29, 0.717) is 11.8 Å². The summed E-state index contributed by atoms with van der Waals surface area (Å²) in [6, 6.07) is 0.397. The molecule has 5 nitrogen and oxygen atoms in total. The van der Waals surface area contributed by atoms with E-state index in [1.54, 1.807) is 0 Å². The highest BCUT2D eigenvalue weighted by atomic mass is 16.5. The predicted octanol–water partition coefficient (Wildman–Crippen LogP) is 3.14. The molecule has 0 bridgehead atoms. The summed E-state index contributed by atoms with van der Waals surface area (Å²) < 4.78 is 5.51. The Kier molecular flexibility index (Phi) is 5.64. The van der Waals surface area contributed by atoms with Crippen LogP contribution in [0, 0.1) is 11.8 Å². The van der Waals surface area contributed by atoms with Gasteiger partial charge in [0.25, 0.3) is 0 Å². The lowest BCUT2D eigenvalue weighted by molar-refractivity contribution is 0.124. The summed E-state index contributed by atoms with van der Waals surface area (Å²) in [6.07, 6.45) is 6.78. The molecule has 2 unspecified atom stereocenters. The van der Waals surface area contributed by atoms with E-state index < -0.39 is 0 Å². The number of carbonyl (C=O) groups is 1. The molecule has 0 aliphatic carbocycles. The van der Waals surface area contributed by atoms with Crippen LogP contribution in [-0.2, 0) is 4.74 Å². The van der Waals surface area contributed by atoms with Gasteiger partial charge in [-0.05, 0) is 78.1 Å². The molecule has 0 saturated carbocycles. The number of piperidine rings is 2. The minimum Gasteiger partial charge on any atom is -0.381 e. The molecule has 2 N–H and O–H groups in total. The number of likely N-dealkylation sites (tertiary alicyclic amines) is 1. The second-order valence-electron chi connectivity index (χ2n) is 9.87. The standard InChI is InChI=1S/C20H37N3O2/c1-19(2)11-17(12-20(3,4)22-19)21-18(24)23-8-5-6-15(13-23)10-16-7-9-25-14-16/h15-17,22H,5-14H2,1-4H3,(H,21,24). The van der Waals surface area contributed by atoms with Crippen LogP contribution in [0.5, 0.6) is 0 Å². The smallest absolute Gasteiger partial charge is 0.317 e. The first-order valence-corrected chi connectivity index (χ1v) is 10.1. The van der Waals surface area contributed by atoms with Gasteiger partial charge in [0.2, 0.25) is 0 Å². The Labute approximate surface area is 153 Å². The molecule has 0 spiro atoms. The Hall–Kier alpha value is -0.810. The molecule has 2 amide bonds. The molecular formula is C20H37N3O2. The molecule has 3 fully saturated rings. The minimum atomic E-state index is 0.0621. The molecule has 0 aromatic rings. The first-order valence-electron chi connectivity index (χ1n) is 10.1. The van der Waals surface area contributed by atoms with Crippen molar-refractivity contribution in [3.05, 3.63) is 0 Å². The van der Waals surface area contributed by atoms with E-state index in [9.17, 15) is 4.79 Å². The van der Waals surface area contributed by atoms with Gasteiger partial charge in [-0.25, -0.2) is 4.79 Å². The lowest BCUT2D eigenvalue weighted by Crippen LogP contribution is -2.63. The Bertz CT molecular complexity index is 456. The topological polar surface area (TPSA) is 53.6 Å². The van der Waals surface area contributed by atoms with Crippen LogP contribution in [0.2, 0.25) is 0 Å². The summed E-state index contributed by atoms with van der Waals surface area (Å²) in [4.78, 5) is 14.9. The SMILES string of the molecule is CC1(C)CC(NC(=O)N2CCCC(CC3CCOC3)C2)CC(C)(C)N1. The molecule has 3 saturated heterocycles. The second-order valence-corrected chi connectivity index (χ2v) is 9.87. The largest absolute Gasteiger partial charge is 0.381 e. The third-order valence-corrected chi connectivity index (χ3v) is 6.01. The lowest BCUT2D eigenvalue weighted by atomic mass is 9.79. The highest BCUT2D eigenvalue weighted by Gasteiger charge is 2.39. The first-order chi connectivity index (χ1) is 11.7. The molecule has 5 heteroatoms. The van der Waals surface area contributed by atoms with Gasteiger partial charge in [0.1, 0.15) is 0 Å². The fourth-order valence-corrected chi connectivity index (χ4v) is 5.37. The average Bonchev–Trinajstić information content (AvgIpc) is 2.97. The van der Waals surface area contributed by atoms with Crippen molar-refractivity contribution in [2.45, 2.75) is 83.3 Å². The molecule has 0 radical (unpaired) electrons. The van der Waals surface area contributed by atoms with Crippen molar-refractivity contribution in [2.75, 3.05) is 26.3 Å². The van der Waals surface area contributed by atoms with Crippen LogP contribution >= 0.6 is 0 Å². The zero-order chi connectivity index (χ0) is 18.1. The molecule has 3 heterocycles. The first kappa shape index (κ1) is 19.0. The van der Waals surface area contributed by atoms with Crippen LogP contribution in [0.15, 0.2) is 0 Å². The molecule has 25 heavy (non-hydrogen) atoms. The van der Waals surface area contributed by atoms with Gasteiger partial charge < -0.3 is 20.3 Å². The quantitative estimate of drug-likeness (QED) is 0.821. The van der Waals surface area contributed by atoms with Gasteiger partial charge in [-0.3, -0.25) is 0 Å². The lowest BCUT2D eigenvalue weighted by Gasteiger charge is -2.47. The number of amides is 2. The summed E-state index contributed by atoms with van der Waals surface area (Å²) in [5.41, 5.74) is 0.124. The summed E-state index contributed by atoms with van der Waals surface area (Å²) in [6.45, 7) is 12.6. The Morgan fingerprint density at radius 2 is 1.88 bits per heavy atom. The van der Waals surface area contributed by atoms with Gasteiger partial charge in [0.15, 0.2) is 0 Å². The van der Waals surface area contributed by atoms with Crippen molar-refractivity contribution in [1.82, 2.24) is 15.5 Å². The highest BCUT2D eigenvalue weighted by Crippen LogP contribution is 2.30. The zero-order valence-electron chi connectivity index (χ0n) is 16.6. The fourth-order valence-electron chi connectivity index (χ4n) is 5.37. The van der Waals surface area contributed by atoms with E-state index in [0.717, 1.165) is 45.6 Å². The van der Waals surface area contributed by atoms with Crippen LogP contribution in [0.1, 0.15) is 66.2 Å². The molecule has 3 aliphatic heterocycles. The number of hydrogen-bond acceptors (Lipinski definition) is 3. The number of urea groups is 1. The van der Waals surface area contributed by atoms with Crippen molar-refractivity contribution in [3.63, 3.8) is 0 Å². The van der Waals surface area contributed by atoms with E-state index in [4.69, 9.17) is 4.74 Å². The van der Waals surface area contributed by atoms with Crippen molar-refractivity contribution in [1.29, 1.82) is 0 Å². The second kappa shape index (κ2) is 7.43. The number of nitrogens with one attached hydrogen (secondary N) is 2. The molecule has 0 aromatic carbocycles. The molecule has 144 valence electrons. The summed E-state index contributed by atoms with van der Waals surface area (Å²) in [7, 11) is 0. The summed E-state index contributed by atoms with van der Waals surface area (Å²) in [5.74, 6) is 1.35. The number of hydrogen-bond donors (Lipinski definition) is 2. The molecular weight excluding hydrogens is 314 g/mol. The Balaban J connectivity index is 1.51. The van der Waals surface area contributed by atoms with Gasteiger partial charge in [-0.2, -0.15) is 0 Å².